The van der Waals surface area contributed by atoms with Gasteiger partial charge >= 0.3 is 0 Å². The molecule has 0 spiro atoms. The predicted molar refractivity (Wildman–Crippen MR) is 79.0 cm³/mol. The molecule has 0 bridgehead atoms. The van der Waals surface area contributed by atoms with Gasteiger partial charge in [-0.3, -0.25) is 4.79 Å². The lowest BCUT2D eigenvalue weighted by Gasteiger charge is -2.07. The first kappa shape index (κ1) is 14.6. The Kier molecular flexibility index (Phi) is 4.54. The lowest BCUT2D eigenvalue weighted by atomic mass is 10.1. The highest BCUT2D eigenvalue weighted by Crippen LogP contribution is 2.17. The number of anilines is 1. The lowest BCUT2D eigenvalue weighted by Crippen LogP contribution is -2.14. The van der Waals surface area contributed by atoms with E-state index in [1.54, 1.807) is 25.1 Å². The highest BCUT2D eigenvalue weighted by atomic mass is 16.3. The molecule has 1 aromatic heterocycles. The SMILES string of the molecule is Cc1cc(O)ccc1C(=O)Nc1cc(C#CCO)ccn1. The minimum Gasteiger partial charge on any atom is -0.508 e. The average Bonchev–Trinajstić information content (AvgIpc) is 2.45. The van der Waals surface area contributed by atoms with Crippen LogP contribution in [-0.4, -0.2) is 27.7 Å². The average molecular weight is 282 g/mol. The number of aromatic hydroxyl groups is 1. The van der Waals surface area contributed by atoms with Crippen molar-refractivity contribution in [1.29, 1.82) is 0 Å². The highest BCUT2D eigenvalue weighted by molar-refractivity contribution is 6.04. The number of phenols is 1. The van der Waals surface area contributed by atoms with Gasteiger partial charge in [0.2, 0.25) is 0 Å². The number of hydrogen-bond acceptors (Lipinski definition) is 4. The summed E-state index contributed by atoms with van der Waals surface area (Å²) in [5.74, 6) is 5.45. The van der Waals surface area contributed by atoms with Crippen LogP contribution in [0, 0.1) is 18.8 Å². The van der Waals surface area contributed by atoms with Gasteiger partial charge in [0.15, 0.2) is 0 Å². The molecule has 3 N–H and O–H groups in total. The van der Waals surface area contributed by atoms with Crippen LogP contribution in [0.1, 0.15) is 21.5 Å². The zero-order valence-corrected chi connectivity index (χ0v) is 11.4. The molecule has 0 aliphatic heterocycles. The van der Waals surface area contributed by atoms with Gasteiger partial charge in [0.05, 0.1) is 0 Å². The van der Waals surface area contributed by atoms with E-state index in [1.807, 2.05) is 0 Å². The van der Waals surface area contributed by atoms with Crippen LogP contribution in [0.5, 0.6) is 5.75 Å². The third kappa shape index (κ3) is 3.81. The van der Waals surface area contributed by atoms with Crippen LogP contribution < -0.4 is 5.32 Å². The van der Waals surface area contributed by atoms with Gasteiger partial charge in [0.25, 0.3) is 5.91 Å². The number of carbonyl (C=O) groups excluding carboxylic acids is 1. The Morgan fingerprint density at radius 2 is 2.14 bits per heavy atom. The molecule has 106 valence electrons. The fourth-order valence-electron chi connectivity index (χ4n) is 1.80. The van der Waals surface area contributed by atoms with E-state index in [0.29, 0.717) is 22.5 Å². The Balaban J connectivity index is 2.19. The van der Waals surface area contributed by atoms with Crippen LogP contribution >= 0.6 is 0 Å². The van der Waals surface area contributed by atoms with Gasteiger partial charge in [-0.1, -0.05) is 11.8 Å². The molecule has 0 saturated heterocycles. The summed E-state index contributed by atoms with van der Waals surface area (Å²) < 4.78 is 0. The Morgan fingerprint density at radius 3 is 2.86 bits per heavy atom. The second kappa shape index (κ2) is 6.55. The molecule has 0 aliphatic carbocycles. The van der Waals surface area contributed by atoms with Gasteiger partial charge in [-0.25, -0.2) is 4.98 Å². The minimum absolute atomic E-state index is 0.114. The molecule has 0 unspecified atom stereocenters. The summed E-state index contributed by atoms with van der Waals surface area (Å²) in [5, 5.41) is 20.7. The third-order valence-corrected chi connectivity index (χ3v) is 2.77. The summed E-state index contributed by atoms with van der Waals surface area (Å²) in [4.78, 5) is 16.2. The summed E-state index contributed by atoms with van der Waals surface area (Å²) in [7, 11) is 0. The minimum atomic E-state index is -0.313. The Bertz CT molecular complexity index is 730. The van der Waals surface area contributed by atoms with Crippen molar-refractivity contribution >= 4 is 11.7 Å². The Morgan fingerprint density at radius 1 is 1.33 bits per heavy atom. The number of nitrogens with one attached hydrogen (secondary N) is 1. The monoisotopic (exact) mass is 282 g/mol. The van der Waals surface area contributed by atoms with Gasteiger partial charge < -0.3 is 15.5 Å². The number of aromatic nitrogens is 1. The Hall–Kier alpha value is -2.84. The second-order valence-electron chi connectivity index (χ2n) is 4.34. The van der Waals surface area contributed by atoms with Crippen LogP contribution in [-0.2, 0) is 0 Å². The van der Waals surface area contributed by atoms with E-state index in [1.165, 1.54) is 18.3 Å². The topological polar surface area (TPSA) is 82.5 Å². The molecule has 0 aliphatic rings. The fourth-order valence-corrected chi connectivity index (χ4v) is 1.80. The summed E-state index contributed by atoms with van der Waals surface area (Å²) in [6.45, 7) is 1.52. The van der Waals surface area contributed by atoms with Crippen molar-refractivity contribution in [3.05, 3.63) is 53.2 Å². The summed E-state index contributed by atoms with van der Waals surface area (Å²) in [6, 6.07) is 7.83. The highest BCUT2D eigenvalue weighted by Gasteiger charge is 2.10. The number of carbonyl (C=O) groups is 1. The number of hydrogen-bond donors (Lipinski definition) is 3. The van der Waals surface area contributed by atoms with Crippen LogP contribution in [0.2, 0.25) is 0 Å². The number of aliphatic hydroxyl groups is 1. The van der Waals surface area contributed by atoms with Gasteiger partial charge in [0.1, 0.15) is 18.2 Å². The van der Waals surface area contributed by atoms with E-state index in [-0.39, 0.29) is 18.3 Å². The molecular weight excluding hydrogens is 268 g/mol. The number of nitrogens with zero attached hydrogens (tertiary/aromatic N) is 1. The van der Waals surface area contributed by atoms with Crippen molar-refractivity contribution in [2.75, 3.05) is 11.9 Å². The molecule has 21 heavy (non-hydrogen) atoms. The largest absolute Gasteiger partial charge is 0.508 e. The van der Waals surface area contributed by atoms with Crippen molar-refractivity contribution in [2.24, 2.45) is 0 Å². The van der Waals surface area contributed by atoms with Gasteiger partial charge in [-0.2, -0.15) is 0 Å². The first-order chi connectivity index (χ1) is 10.1. The molecule has 2 aromatic rings. The van der Waals surface area contributed by atoms with Crippen LogP contribution in [0.15, 0.2) is 36.5 Å². The maximum Gasteiger partial charge on any atom is 0.257 e. The van der Waals surface area contributed by atoms with Crippen molar-refractivity contribution in [3.63, 3.8) is 0 Å². The first-order valence-corrected chi connectivity index (χ1v) is 6.27. The summed E-state index contributed by atoms with van der Waals surface area (Å²) >= 11 is 0. The van der Waals surface area contributed by atoms with E-state index in [9.17, 15) is 9.90 Å². The summed E-state index contributed by atoms with van der Waals surface area (Å²) in [6.07, 6.45) is 1.53. The number of amides is 1. The standard InChI is InChI=1S/C16H14N2O3/c1-11-9-13(20)4-5-14(11)16(21)18-15-10-12(3-2-8-19)6-7-17-15/h4-7,9-10,19-20H,8H2,1H3,(H,17,18,21). The molecule has 0 fully saturated rings. The van der Waals surface area contributed by atoms with Gasteiger partial charge in [-0.15, -0.1) is 0 Å². The van der Waals surface area contributed by atoms with Gasteiger partial charge in [0, 0.05) is 17.3 Å². The van der Waals surface area contributed by atoms with Gasteiger partial charge in [-0.05, 0) is 42.8 Å². The van der Waals surface area contributed by atoms with Crippen molar-refractivity contribution < 1.29 is 15.0 Å². The molecule has 5 nitrogen and oxygen atoms in total. The van der Waals surface area contributed by atoms with Crippen LogP contribution in [0.3, 0.4) is 0 Å². The molecule has 1 heterocycles. The summed E-state index contributed by atoms with van der Waals surface area (Å²) in [5.41, 5.74) is 1.78. The van der Waals surface area contributed by atoms with Crippen molar-refractivity contribution in [1.82, 2.24) is 4.98 Å². The molecule has 1 amide bonds. The lowest BCUT2D eigenvalue weighted by molar-refractivity contribution is 0.102. The second-order valence-corrected chi connectivity index (χ2v) is 4.34. The number of aryl methyl sites for hydroxylation is 1. The van der Waals surface area contributed by atoms with Crippen molar-refractivity contribution in [2.45, 2.75) is 6.92 Å². The molecule has 0 saturated carbocycles. The molecule has 1 aromatic carbocycles. The molecule has 0 atom stereocenters. The van der Waals surface area contributed by atoms with E-state index >= 15 is 0 Å². The fraction of sp³-hybridized carbons (Fsp3) is 0.125. The van der Waals surface area contributed by atoms with E-state index in [4.69, 9.17) is 5.11 Å². The Labute approximate surface area is 122 Å². The molecule has 0 radical (unpaired) electrons. The number of phenolic OH excluding ortho intramolecular Hbond substituents is 1. The maximum absolute atomic E-state index is 12.2. The number of pyridine rings is 1. The van der Waals surface area contributed by atoms with Crippen LogP contribution in [0.4, 0.5) is 5.82 Å². The number of benzene rings is 1. The molecular formula is C16H14N2O3. The smallest absolute Gasteiger partial charge is 0.257 e. The zero-order valence-electron chi connectivity index (χ0n) is 11.4. The third-order valence-electron chi connectivity index (χ3n) is 2.77. The van der Waals surface area contributed by atoms with Crippen molar-refractivity contribution in [3.8, 4) is 17.6 Å². The normalized spacial score (nSPS) is 9.62. The van der Waals surface area contributed by atoms with Crippen LogP contribution in [0.25, 0.3) is 0 Å². The molecule has 5 heteroatoms. The number of rotatable bonds is 2. The quantitative estimate of drug-likeness (QED) is 0.732. The molecule has 2 rings (SSSR count). The van der Waals surface area contributed by atoms with E-state index in [0.717, 1.165) is 0 Å². The maximum atomic E-state index is 12.2. The van der Waals surface area contributed by atoms with E-state index in [2.05, 4.69) is 22.1 Å². The zero-order chi connectivity index (χ0) is 15.2. The van der Waals surface area contributed by atoms with E-state index < -0.39 is 0 Å². The first-order valence-electron chi connectivity index (χ1n) is 6.27. The predicted octanol–water partition coefficient (Wildman–Crippen LogP) is 1.69. The number of aliphatic hydroxyl groups excluding tert-OH is 1.